The van der Waals surface area contributed by atoms with E-state index >= 15 is 0 Å². The van der Waals surface area contributed by atoms with Crippen molar-refractivity contribution in [3.63, 3.8) is 0 Å². The molecule has 36 heavy (non-hydrogen) atoms. The molecule has 9 heteroatoms. The van der Waals surface area contributed by atoms with E-state index in [1.807, 2.05) is 24.3 Å². The van der Waals surface area contributed by atoms with Crippen LogP contribution in [0.3, 0.4) is 0 Å². The third-order valence-electron chi connectivity index (χ3n) is 6.35. The predicted molar refractivity (Wildman–Crippen MR) is 137 cm³/mol. The van der Waals surface area contributed by atoms with Gasteiger partial charge in [-0.25, -0.2) is 12.8 Å². The second kappa shape index (κ2) is 10.8. The largest absolute Gasteiger partial charge is 0.355 e. The monoisotopic (exact) mass is 511 g/mol. The Labute approximate surface area is 211 Å². The lowest BCUT2D eigenvalue weighted by atomic mass is 9.98. The second-order valence-corrected chi connectivity index (χ2v) is 11.2. The highest BCUT2D eigenvalue weighted by atomic mass is 32.2. The topological polar surface area (TPSA) is 92.5 Å². The van der Waals surface area contributed by atoms with Crippen LogP contribution in [-0.2, 0) is 14.8 Å². The van der Waals surface area contributed by atoms with Gasteiger partial charge in [-0.1, -0.05) is 49.3 Å². The van der Waals surface area contributed by atoms with Crippen molar-refractivity contribution in [2.24, 2.45) is 5.92 Å². The summed E-state index contributed by atoms with van der Waals surface area (Å²) in [4.78, 5) is 12.9. The normalized spacial score (nSPS) is 17.1. The van der Waals surface area contributed by atoms with Crippen LogP contribution in [-0.4, -0.2) is 36.9 Å². The molecule has 2 heterocycles. The second-order valence-electron chi connectivity index (χ2n) is 9.28. The number of piperidine rings is 1. The molecule has 1 aromatic heterocycles. The lowest BCUT2D eigenvalue weighted by molar-refractivity contribution is -0.120. The molecule has 0 saturated carbocycles. The van der Waals surface area contributed by atoms with Gasteiger partial charge in [-0.15, -0.1) is 0 Å². The van der Waals surface area contributed by atoms with E-state index in [4.69, 9.17) is 4.52 Å². The molecule has 0 unspecified atom stereocenters. The number of amides is 1. The summed E-state index contributed by atoms with van der Waals surface area (Å²) in [5, 5.41) is 6.75. The smallest absolute Gasteiger partial charge is 0.248 e. The average Bonchev–Trinajstić information content (AvgIpc) is 3.25. The fourth-order valence-electron chi connectivity index (χ4n) is 4.27. The van der Waals surface area contributed by atoms with E-state index in [0.717, 1.165) is 0 Å². The summed E-state index contributed by atoms with van der Waals surface area (Å²) in [6, 6.07) is 13.8. The van der Waals surface area contributed by atoms with Gasteiger partial charge in [0.25, 0.3) is 0 Å². The first-order chi connectivity index (χ1) is 17.2. The van der Waals surface area contributed by atoms with Crippen molar-refractivity contribution in [3.8, 4) is 0 Å². The Morgan fingerprint density at radius 1 is 1.17 bits per heavy atom. The number of halogens is 1. The molecular formula is C27H30FN3O4S. The number of carbonyl (C=O) groups excluding carboxylic acids is 1. The highest BCUT2D eigenvalue weighted by molar-refractivity contribution is 7.89. The van der Waals surface area contributed by atoms with Crippen molar-refractivity contribution in [2.75, 3.05) is 18.4 Å². The SMILES string of the molecule is Cc1noc(/C=C/c2ccccc2F)c1S(=O)(=O)N1CCC[C@H](C(=O)Nc2ccc(C(C)C)cc2)C1. The summed E-state index contributed by atoms with van der Waals surface area (Å²) in [5.74, 6) is -0.727. The summed E-state index contributed by atoms with van der Waals surface area (Å²) in [6.07, 6.45) is 3.99. The number of rotatable bonds is 7. The van der Waals surface area contributed by atoms with E-state index in [0.29, 0.717) is 30.0 Å². The maximum absolute atomic E-state index is 14.0. The molecule has 0 bridgehead atoms. The maximum atomic E-state index is 14.0. The third kappa shape index (κ3) is 5.57. The van der Waals surface area contributed by atoms with Gasteiger partial charge >= 0.3 is 0 Å². The number of carbonyl (C=O) groups is 1. The molecule has 7 nitrogen and oxygen atoms in total. The summed E-state index contributed by atoms with van der Waals surface area (Å²) < 4.78 is 47.7. The molecule has 1 fully saturated rings. The van der Waals surface area contributed by atoms with Crippen LogP contribution in [0.5, 0.6) is 0 Å². The van der Waals surface area contributed by atoms with Crippen LogP contribution in [0.25, 0.3) is 12.2 Å². The van der Waals surface area contributed by atoms with Gasteiger partial charge in [0, 0.05) is 24.3 Å². The first-order valence-corrected chi connectivity index (χ1v) is 13.4. The molecule has 1 atom stereocenters. The van der Waals surface area contributed by atoms with Crippen LogP contribution in [0.2, 0.25) is 0 Å². The van der Waals surface area contributed by atoms with E-state index in [-0.39, 0.29) is 35.3 Å². The first kappa shape index (κ1) is 25.8. The molecule has 190 valence electrons. The van der Waals surface area contributed by atoms with Gasteiger partial charge in [-0.3, -0.25) is 4.79 Å². The van der Waals surface area contributed by atoms with Crippen LogP contribution >= 0.6 is 0 Å². The molecular weight excluding hydrogens is 481 g/mol. The fourth-order valence-corrected chi connectivity index (χ4v) is 6.05. The van der Waals surface area contributed by atoms with Gasteiger partial charge in [-0.05, 0) is 61.6 Å². The van der Waals surface area contributed by atoms with E-state index < -0.39 is 21.8 Å². The molecule has 4 rings (SSSR count). The zero-order chi connectivity index (χ0) is 25.9. The van der Waals surface area contributed by atoms with Crippen molar-refractivity contribution in [1.82, 2.24) is 9.46 Å². The molecule has 1 N–H and O–H groups in total. The number of hydrogen-bond donors (Lipinski definition) is 1. The molecule has 1 aliphatic heterocycles. The Morgan fingerprint density at radius 3 is 2.58 bits per heavy atom. The highest BCUT2D eigenvalue weighted by Gasteiger charge is 2.37. The molecule has 0 radical (unpaired) electrons. The van der Waals surface area contributed by atoms with Crippen LogP contribution in [0.15, 0.2) is 57.9 Å². The van der Waals surface area contributed by atoms with E-state index in [1.165, 1.54) is 28.1 Å². The number of sulfonamides is 1. The average molecular weight is 512 g/mol. The molecule has 2 aromatic carbocycles. The van der Waals surface area contributed by atoms with Gasteiger partial charge in [0.1, 0.15) is 11.5 Å². The van der Waals surface area contributed by atoms with Gasteiger partial charge in [-0.2, -0.15) is 4.31 Å². The van der Waals surface area contributed by atoms with Crippen LogP contribution in [0.1, 0.15) is 55.2 Å². The van der Waals surface area contributed by atoms with Crippen LogP contribution in [0.4, 0.5) is 10.1 Å². The summed E-state index contributed by atoms with van der Waals surface area (Å²) in [7, 11) is -4.00. The number of aryl methyl sites for hydroxylation is 1. The molecule has 1 saturated heterocycles. The number of anilines is 1. The summed E-state index contributed by atoms with van der Waals surface area (Å²) in [6.45, 7) is 6.09. The lowest BCUT2D eigenvalue weighted by Crippen LogP contribution is -2.43. The van der Waals surface area contributed by atoms with Crippen molar-refractivity contribution in [1.29, 1.82) is 0 Å². The molecule has 1 amide bonds. The predicted octanol–water partition coefficient (Wildman–Crippen LogP) is 5.46. The number of hydrogen-bond acceptors (Lipinski definition) is 5. The van der Waals surface area contributed by atoms with Crippen molar-refractivity contribution < 1.29 is 22.1 Å². The quantitative estimate of drug-likeness (QED) is 0.455. The Kier molecular flexibility index (Phi) is 7.70. The minimum absolute atomic E-state index is 0.0209. The van der Waals surface area contributed by atoms with Gasteiger partial charge in [0.05, 0.1) is 5.92 Å². The standard InChI is InChI=1S/C27H30FN3O4S/c1-18(2)20-10-13-23(14-11-20)29-27(32)22-8-6-16-31(17-22)36(33,34)26-19(3)30-35-25(26)15-12-21-7-4-5-9-24(21)28/h4-5,7,9-15,18,22H,6,8,16-17H2,1-3H3,(H,29,32)/b15-12+/t22-/m0/s1. The Bertz CT molecular complexity index is 1360. The summed E-state index contributed by atoms with van der Waals surface area (Å²) in [5.41, 5.74) is 2.36. The number of nitrogens with one attached hydrogen (secondary N) is 1. The Hall–Kier alpha value is -3.30. The van der Waals surface area contributed by atoms with Crippen molar-refractivity contribution in [3.05, 3.63) is 76.9 Å². The van der Waals surface area contributed by atoms with Gasteiger partial charge in [0.2, 0.25) is 15.9 Å². The van der Waals surface area contributed by atoms with E-state index in [9.17, 15) is 17.6 Å². The zero-order valence-corrected chi connectivity index (χ0v) is 21.4. The summed E-state index contributed by atoms with van der Waals surface area (Å²) >= 11 is 0. The van der Waals surface area contributed by atoms with Crippen molar-refractivity contribution in [2.45, 2.75) is 44.4 Å². The molecule has 1 aliphatic rings. The Balaban J connectivity index is 1.51. The highest BCUT2D eigenvalue weighted by Crippen LogP contribution is 2.30. The minimum atomic E-state index is -4.00. The van der Waals surface area contributed by atoms with Gasteiger partial charge < -0.3 is 9.84 Å². The molecule has 3 aromatic rings. The third-order valence-corrected chi connectivity index (χ3v) is 8.37. The number of nitrogens with zero attached hydrogens (tertiary/aromatic N) is 2. The first-order valence-electron chi connectivity index (χ1n) is 12.0. The number of benzene rings is 2. The van der Waals surface area contributed by atoms with E-state index in [2.05, 4.69) is 24.3 Å². The zero-order valence-electron chi connectivity index (χ0n) is 20.6. The minimum Gasteiger partial charge on any atom is -0.355 e. The maximum Gasteiger partial charge on any atom is 0.248 e. The molecule has 0 aliphatic carbocycles. The van der Waals surface area contributed by atoms with Crippen LogP contribution in [0, 0.1) is 18.7 Å². The van der Waals surface area contributed by atoms with E-state index in [1.54, 1.807) is 25.1 Å². The van der Waals surface area contributed by atoms with Crippen LogP contribution < -0.4 is 5.32 Å². The lowest BCUT2D eigenvalue weighted by Gasteiger charge is -2.31. The number of aromatic nitrogens is 1. The molecule has 0 spiro atoms. The van der Waals surface area contributed by atoms with Crippen molar-refractivity contribution >= 4 is 33.8 Å². The Morgan fingerprint density at radius 2 is 1.89 bits per heavy atom. The fraction of sp³-hybridized carbons (Fsp3) is 0.333. The van der Waals surface area contributed by atoms with Gasteiger partial charge in [0.15, 0.2) is 10.7 Å².